The highest BCUT2D eigenvalue weighted by Gasteiger charge is 2.01. The first-order chi connectivity index (χ1) is 8.83. The Morgan fingerprint density at radius 1 is 1.17 bits per heavy atom. The van der Waals surface area contributed by atoms with Crippen LogP contribution in [0.1, 0.15) is 18.1 Å². The molecule has 0 saturated carbocycles. The third-order valence-electron chi connectivity index (χ3n) is 2.83. The van der Waals surface area contributed by atoms with Crippen molar-refractivity contribution in [3.8, 4) is 5.75 Å². The number of aryl methyl sites for hydroxylation is 1. The van der Waals surface area contributed by atoms with Crippen LogP contribution in [0.3, 0.4) is 0 Å². The second-order valence-electron chi connectivity index (χ2n) is 4.05. The lowest BCUT2D eigenvalue weighted by Crippen LogP contribution is -1.99. The van der Waals surface area contributed by atoms with Crippen LogP contribution in [-0.4, -0.2) is 12.0 Å². The standard InChI is InChI=1S/C15H18N2O/c1-3-13-6-4-5-7-14(13)18-11-12-8-9-15(16-2)17-10-12/h4-10H,3,11H2,1-2H3,(H,16,17). The maximum absolute atomic E-state index is 5.83. The number of rotatable bonds is 5. The number of pyridine rings is 1. The molecule has 0 saturated heterocycles. The number of para-hydroxylation sites is 1. The van der Waals surface area contributed by atoms with Crippen LogP contribution in [-0.2, 0) is 13.0 Å². The van der Waals surface area contributed by atoms with Gasteiger partial charge in [0.2, 0.25) is 0 Å². The number of hydrogen-bond acceptors (Lipinski definition) is 3. The van der Waals surface area contributed by atoms with E-state index >= 15 is 0 Å². The van der Waals surface area contributed by atoms with E-state index in [4.69, 9.17) is 4.74 Å². The Morgan fingerprint density at radius 2 is 2.00 bits per heavy atom. The zero-order valence-corrected chi connectivity index (χ0v) is 10.8. The lowest BCUT2D eigenvalue weighted by atomic mass is 10.1. The molecule has 0 spiro atoms. The number of benzene rings is 1. The summed E-state index contributed by atoms with van der Waals surface area (Å²) in [6.07, 6.45) is 2.81. The van der Waals surface area contributed by atoms with Crippen LogP contribution in [0.4, 0.5) is 5.82 Å². The van der Waals surface area contributed by atoms with Gasteiger partial charge in [-0.25, -0.2) is 4.98 Å². The van der Waals surface area contributed by atoms with Gasteiger partial charge in [0.05, 0.1) is 0 Å². The van der Waals surface area contributed by atoms with Crippen molar-refractivity contribution in [2.45, 2.75) is 20.0 Å². The fourth-order valence-electron chi connectivity index (χ4n) is 1.76. The number of nitrogens with one attached hydrogen (secondary N) is 1. The Bertz CT molecular complexity index is 494. The molecule has 1 aromatic heterocycles. The predicted molar refractivity (Wildman–Crippen MR) is 73.9 cm³/mol. The molecule has 0 aliphatic heterocycles. The molecule has 94 valence electrons. The summed E-state index contributed by atoms with van der Waals surface area (Å²) in [7, 11) is 1.86. The molecule has 0 unspecified atom stereocenters. The highest BCUT2D eigenvalue weighted by Crippen LogP contribution is 2.19. The monoisotopic (exact) mass is 242 g/mol. The van der Waals surface area contributed by atoms with Gasteiger partial charge in [-0.1, -0.05) is 31.2 Å². The Balaban J connectivity index is 2.02. The lowest BCUT2D eigenvalue weighted by molar-refractivity contribution is 0.303. The Kier molecular flexibility index (Phi) is 4.18. The molecule has 0 radical (unpaired) electrons. The topological polar surface area (TPSA) is 34.1 Å². The molecule has 0 atom stereocenters. The Morgan fingerprint density at radius 3 is 2.67 bits per heavy atom. The minimum absolute atomic E-state index is 0.550. The highest BCUT2D eigenvalue weighted by molar-refractivity contribution is 5.35. The maximum Gasteiger partial charge on any atom is 0.125 e. The first kappa shape index (κ1) is 12.4. The van der Waals surface area contributed by atoms with Gasteiger partial charge in [-0.15, -0.1) is 0 Å². The van der Waals surface area contributed by atoms with E-state index in [-0.39, 0.29) is 0 Å². The van der Waals surface area contributed by atoms with Crippen molar-refractivity contribution in [1.82, 2.24) is 4.98 Å². The van der Waals surface area contributed by atoms with Gasteiger partial charge in [0.15, 0.2) is 0 Å². The second kappa shape index (κ2) is 6.05. The molecule has 3 nitrogen and oxygen atoms in total. The van der Waals surface area contributed by atoms with Crippen molar-refractivity contribution in [2.75, 3.05) is 12.4 Å². The van der Waals surface area contributed by atoms with E-state index in [1.54, 1.807) is 0 Å². The van der Waals surface area contributed by atoms with Crippen LogP contribution < -0.4 is 10.1 Å². The SMILES string of the molecule is CCc1ccccc1OCc1ccc(NC)nc1. The first-order valence-electron chi connectivity index (χ1n) is 6.17. The molecule has 2 aromatic rings. The van der Waals surface area contributed by atoms with Crippen molar-refractivity contribution in [3.05, 3.63) is 53.7 Å². The Hall–Kier alpha value is -2.03. The fraction of sp³-hybridized carbons (Fsp3) is 0.267. The smallest absolute Gasteiger partial charge is 0.125 e. The molecule has 0 fully saturated rings. The van der Waals surface area contributed by atoms with Crippen molar-refractivity contribution >= 4 is 5.82 Å². The van der Waals surface area contributed by atoms with Gasteiger partial charge in [-0.2, -0.15) is 0 Å². The van der Waals surface area contributed by atoms with Gasteiger partial charge < -0.3 is 10.1 Å². The van der Waals surface area contributed by atoms with Crippen LogP contribution in [0.15, 0.2) is 42.6 Å². The largest absolute Gasteiger partial charge is 0.489 e. The minimum Gasteiger partial charge on any atom is -0.489 e. The summed E-state index contributed by atoms with van der Waals surface area (Å²) in [5.74, 6) is 1.82. The predicted octanol–water partition coefficient (Wildman–Crippen LogP) is 3.26. The van der Waals surface area contributed by atoms with E-state index in [2.05, 4.69) is 23.3 Å². The molecule has 1 aromatic carbocycles. The van der Waals surface area contributed by atoms with Crippen LogP contribution in [0.5, 0.6) is 5.75 Å². The van der Waals surface area contributed by atoms with E-state index in [1.807, 2.05) is 43.6 Å². The molecule has 0 bridgehead atoms. The number of ether oxygens (including phenoxy) is 1. The number of aromatic nitrogens is 1. The quantitative estimate of drug-likeness (QED) is 0.873. The minimum atomic E-state index is 0.550. The third kappa shape index (κ3) is 3.00. The zero-order chi connectivity index (χ0) is 12.8. The number of anilines is 1. The summed E-state index contributed by atoms with van der Waals surface area (Å²) < 4.78 is 5.83. The van der Waals surface area contributed by atoms with Gasteiger partial charge >= 0.3 is 0 Å². The average molecular weight is 242 g/mol. The summed E-state index contributed by atoms with van der Waals surface area (Å²) >= 11 is 0. The van der Waals surface area contributed by atoms with Gasteiger partial charge in [0.25, 0.3) is 0 Å². The number of hydrogen-bond donors (Lipinski definition) is 1. The summed E-state index contributed by atoms with van der Waals surface area (Å²) in [6.45, 7) is 2.68. The van der Waals surface area contributed by atoms with Crippen LogP contribution in [0, 0.1) is 0 Å². The lowest BCUT2D eigenvalue weighted by Gasteiger charge is -2.10. The molecule has 1 N–H and O–H groups in total. The molecule has 18 heavy (non-hydrogen) atoms. The zero-order valence-electron chi connectivity index (χ0n) is 10.8. The van der Waals surface area contributed by atoms with Crippen LogP contribution >= 0.6 is 0 Å². The summed E-state index contributed by atoms with van der Waals surface area (Å²) in [6, 6.07) is 12.1. The van der Waals surface area contributed by atoms with Crippen molar-refractivity contribution < 1.29 is 4.74 Å². The van der Waals surface area contributed by atoms with E-state index in [1.165, 1.54) is 5.56 Å². The second-order valence-corrected chi connectivity index (χ2v) is 4.05. The van der Waals surface area contributed by atoms with Crippen molar-refractivity contribution in [3.63, 3.8) is 0 Å². The molecule has 2 rings (SSSR count). The molecule has 1 heterocycles. The van der Waals surface area contributed by atoms with Gasteiger partial charge in [-0.3, -0.25) is 0 Å². The average Bonchev–Trinajstić information content (AvgIpc) is 2.46. The van der Waals surface area contributed by atoms with Gasteiger partial charge in [0, 0.05) is 18.8 Å². The molecular formula is C15H18N2O. The van der Waals surface area contributed by atoms with E-state index in [9.17, 15) is 0 Å². The highest BCUT2D eigenvalue weighted by atomic mass is 16.5. The molecule has 0 aliphatic carbocycles. The van der Waals surface area contributed by atoms with Crippen molar-refractivity contribution in [1.29, 1.82) is 0 Å². The summed E-state index contributed by atoms with van der Waals surface area (Å²) in [5, 5.41) is 2.99. The maximum atomic E-state index is 5.83. The van der Waals surface area contributed by atoms with E-state index < -0.39 is 0 Å². The number of nitrogens with zero attached hydrogens (tertiary/aromatic N) is 1. The normalized spacial score (nSPS) is 10.1. The molecule has 3 heteroatoms. The molecular weight excluding hydrogens is 224 g/mol. The van der Waals surface area contributed by atoms with Crippen LogP contribution in [0.2, 0.25) is 0 Å². The van der Waals surface area contributed by atoms with E-state index in [0.717, 1.165) is 23.6 Å². The van der Waals surface area contributed by atoms with Crippen LogP contribution in [0.25, 0.3) is 0 Å². The summed E-state index contributed by atoms with van der Waals surface area (Å²) in [4.78, 5) is 4.26. The van der Waals surface area contributed by atoms with Crippen molar-refractivity contribution in [2.24, 2.45) is 0 Å². The first-order valence-corrected chi connectivity index (χ1v) is 6.17. The molecule has 0 aliphatic rings. The third-order valence-corrected chi connectivity index (χ3v) is 2.83. The van der Waals surface area contributed by atoms with Gasteiger partial charge in [-0.05, 0) is 24.1 Å². The van der Waals surface area contributed by atoms with E-state index in [0.29, 0.717) is 6.61 Å². The fourth-order valence-corrected chi connectivity index (χ4v) is 1.76. The molecule has 0 amide bonds. The summed E-state index contributed by atoms with van der Waals surface area (Å²) in [5.41, 5.74) is 2.30. The Labute approximate surface area is 108 Å². The van der Waals surface area contributed by atoms with Gasteiger partial charge in [0.1, 0.15) is 18.2 Å².